The highest BCUT2D eigenvalue weighted by molar-refractivity contribution is 7.08. The van der Waals surface area contributed by atoms with Crippen molar-refractivity contribution in [3.63, 3.8) is 0 Å². The van der Waals surface area contributed by atoms with Gasteiger partial charge in [0.05, 0.1) is 17.8 Å². The molecule has 6 heteroatoms. The van der Waals surface area contributed by atoms with E-state index in [9.17, 15) is 4.79 Å². The average Bonchev–Trinajstić information content (AvgIpc) is 3.09. The van der Waals surface area contributed by atoms with Gasteiger partial charge >= 0.3 is 0 Å². The van der Waals surface area contributed by atoms with Crippen molar-refractivity contribution in [1.82, 2.24) is 19.9 Å². The summed E-state index contributed by atoms with van der Waals surface area (Å²) in [7, 11) is 0. The number of likely N-dealkylation sites (tertiary alicyclic amines) is 1. The predicted octanol–water partition coefficient (Wildman–Crippen LogP) is 2.13. The molecule has 3 heterocycles. The Morgan fingerprint density at radius 2 is 2.16 bits per heavy atom. The van der Waals surface area contributed by atoms with Gasteiger partial charge in [-0.2, -0.15) is 11.3 Å². The lowest BCUT2D eigenvalue weighted by atomic mass is 10.0. The van der Waals surface area contributed by atoms with Gasteiger partial charge in [0.25, 0.3) is 5.91 Å². The molecule has 0 saturated carbocycles. The van der Waals surface area contributed by atoms with Gasteiger partial charge in [0.15, 0.2) is 0 Å². The van der Waals surface area contributed by atoms with Gasteiger partial charge in [0, 0.05) is 24.7 Å². The maximum Gasteiger partial charge on any atom is 0.254 e. The van der Waals surface area contributed by atoms with Crippen molar-refractivity contribution in [3.05, 3.63) is 34.3 Å². The van der Waals surface area contributed by atoms with Crippen LogP contribution in [0.3, 0.4) is 0 Å². The van der Waals surface area contributed by atoms with Crippen LogP contribution in [0, 0.1) is 6.92 Å². The minimum absolute atomic E-state index is 0.163. The molecule has 1 aliphatic heterocycles. The van der Waals surface area contributed by atoms with E-state index in [0.717, 1.165) is 37.1 Å². The molecule has 1 amide bonds. The van der Waals surface area contributed by atoms with Crippen LogP contribution in [-0.2, 0) is 0 Å². The van der Waals surface area contributed by atoms with E-state index in [-0.39, 0.29) is 5.91 Å². The fraction of sp³-hybridized carbons (Fsp3) is 0.462. The summed E-state index contributed by atoms with van der Waals surface area (Å²) in [6.45, 7) is 3.57. The third kappa shape index (κ3) is 2.40. The summed E-state index contributed by atoms with van der Waals surface area (Å²) in [5.41, 5.74) is 1.93. The van der Waals surface area contributed by atoms with E-state index < -0.39 is 0 Å². The Morgan fingerprint density at radius 3 is 2.74 bits per heavy atom. The smallest absolute Gasteiger partial charge is 0.254 e. The molecule has 0 aliphatic carbocycles. The van der Waals surface area contributed by atoms with Gasteiger partial charge in [0.1, 0.15) is 0 Å². The fourth-order valence-corrected chi connectivity index (χ4v) is 3.32. The third-order valence-corrected chi connectivity index (χ3v) is 4.51. The zero-order valence-corrected chi connectivity index (χ0v) is 11.6. The normalized spacial score (nSPS) is 16.8. The first-order valence-corrected chi connectivity index (χ1v) is 7.38. The van der Waals surface area contributed by atoms with E-state index in [1.165, 1.54) is 0 Å². The Hall–Kier alpha value is -1.69. The van der Waals surface area contributed by atoms with Crippen LogP contribution in [-0.4, -0.2) is 38.9 Å². The lowest BCUT2D eigenvalue weighted by Gasteiger charge is -2.31. The van der Waals surface area contributed by atoms with E-state index in [2.05, 4.69) is 10.3 Å². The van der Waals surface area contributed by atoms with E-state index in [0.29, 0.717) is 6.04 Å². The largest absolute Gasteiger partial charge is 0.338 e. The van der Waals surface area contributed by atoms with Crippen LogP contribution in [0.25, 0.3) is 0 Å². The summed E-state index contributed by atoms with van der Waals surface area (Å²) in [4.78, 5) is 14.3. The van der Waals surface area contributed by atoms with Crippen LogP contribution in [0.2, 0.25) is 0 Å². The second-order valence-electron chi connectivity index (χ2n) is 4.87. The Bertz CT molecular complexity index is 555. The van der Waals surface area contributed by atoms with Gasteiger partial charge in [-0.05, 0) is 30.7 Å². The molecule has 3 rings (SSSR count). The lowest BCUT2D eigenvalue weighted by molar-refractivity contribution is 0.0689. The minimum atomic E-state index is 0.163. The average molecular weight is 276 g/mol. The zero-order chi connectivity index (χ0) is 13.2. The van der Waals surface area contributed by atoms with Gasteiger partial charge < -0.3 is 4.90 Å². The number of nitrogens with zero attached hydrogens (tertiary/aromatic N) is 4. The summed E-state index contributed by atoms with van der Waals surface area (Å²) < 4.78 is 1.90. The molecule has 5 nitrogen and oxygen atoms in total. The summed E-state index contributed by atoms with van der Waals surface area (Å²) >= 11 is 1.59. The number of carbonyl (C=O) groups is 1. The number of thiophene rings is 1. The van der Waals surface area contributed by atoms with E-state index >= 15 is 0 Å². The van der Waals surface area contributed by atoms with Crippen molar-refractivity contribution in [2.75, 3.05) is 13.1 Å². The first-order chi connectivity index (χ1) is 9.25. The van der Waals surface area contributed by atoms with Gasteiger partial charge in [-0.3, -0.25) is 4.79 Å². The maximum absolute atomic E-state index is 12.4. The molecule has 0 bridgehead atoms. The molecule has 2 aromatic rings. The Kier molecular flexibility index (Phi) is 3.33. The Labute approximate surface area is 115 Å². The van der Waals surface area contributed by atoms with Crippen LogP contribution in [0.15, 0.2) is 23.2 Å². The zero-order valence-electron chi connectivity index (χ0n) is 10.8. The Balaban J connectivity index is 1.64. The van der Waals surface area contributed by atoms with E-state index in [4.69, 9.17) is 0 Å². The number of hydrogen-bond acceptors (Lipinski definition) is 4. The maximum atomic E-state index is 12.4. The third-order valence-electron chi connectivity index (χ3n) is 3.65. The first kappa shape index (κ1) is 12.3. The molecule has 2 aromatic heterocycles. The van der Waals surface area contributed by atoms with Gasteiger partial charge in [0.2, 0.25) is 0 Å². The molecular formula is C13H16N4OS. The molecule has 19 heavy (non-hydrogen) atoms. The van der Waals surface area contributed by atoms with Gasteiger partial charge in [-0.15, -0.1) is 5.10 Å². The van der Waals surface area contributed by atoms with Crippen LogP contribution in [0.5, 0.6) is 0 Å². The van der Waals surface area contributed by atoms with Crippen molar-refractivity contribution in [3.8, 4) is 0 Å². The molecule has 0 N–H and O–H groups in total. The first-order valence-electron chi connectivity index (χ1n) is 6.43. The molecule has 1 saturated heterocycles. The topological polar surface area (TPSA) is 51.0 Å². The molecule has 0 spiro atoms. The second-order valence-corrected chi connectivity index (χ2v) is 5.62. The molecule has 1 fully saturated rings. The number of rotatable bonds is 2. The molecular weight excluding hydrogens is 260 g/mol. The van der Waals surface area contributed by atoms with E-state index in [1.807, 2.05) is 33.5 Å². The number of aryl methyl sites for hydroxylation is 1. The lowest BCUT2D eigenvalue weighted by Crippen LogP contribution is -2.39. The minimum Gasteiger partial charge on any atom is -0.338 e. The molecule has 100 valence electrons. The predicted molar refractivity (Wildman–Crippen MR) is 73.3 cm³/mol. The number of aromatic nitrogens is 3. The quantitative estimate of drug-likeness (QED) is 0.844. The summed E-state index contributed by atoms with van der Waals surface area (Å²) in [5.74, 6) is 0.163. The number of hydrogen-bond donors (Lipinski definition) is 0. The SMILES string of the molecule is Cc1cscc1C(=O)N1CCC(n2ccnn2)CC1. The summed E-state index contributed by atoms with van der Waals surface area (Å²) in [6, 6.07) is 0.370. The monoisotopic (exact) mass is 276 g/mol. The van der Waals surface area contributed by atoms with Crippen molar-refractivity contribution in [2.24, 2.45) is 0 Å². The van der Waals surface area contributed by atoms with Crippen LogP contribution >= 0.6 is 11.3 Å². The van der Waals surface area contributed by atoms with Crippen LogP contribution < -0.4 is 0 Å². The number of carbonyl (C=O) groups excluding carboxylic acids is 1. The van der Waals surface area contributed by atoms with E-state index in [1.54, 1.807) is 17.5 Å². The number of amides is 1. The Morgan fingerprint density at radius 1 is 1.37 bits per heavy atom. The molecule has 1 aliphatic rings. The van der Waals surface area contributed by atoms with Crippen molar-refractivity contribution in [1.29, 1.82) is 0 Å². The van der Waals surface area contributed by atoms with Crippen molar-refractivity contribution < 1.29 is 4.79 Å². The van der Waals surface area contributed by atoms with Crippen molar-refractivity contribution >= 4 is 17.2 Å². The highest BCUT2D eigenvalue weighted by Crippen LogP contribution is 2.24. The van der Waals surface area contributed by atoms with Crippen LogP contribution in [0.4, 0.5) is 0 Å². The molecule has 0 radical (unpaired) electrons. The molecule has 0 unspecified atom stereocenters. The highest BCUT2D eigenvalue weighted by atomic mass is 32.1. The molecule has 0 aromatic carbocycles. The van der Waals surface area contributed by atoms with Crippen molar-refractivity contribution in [2.45, 2.75) is 25.8 Å². The molecule has 0 atom stereocenters. The van der Waals surface area contributed by atoms with Gasteiger partial charge in [-0.1, -0.05) is 5.21 Å². The summed E-state index contributed by atoms with van der Waals surface area (Å²) in [6.07, 6.45) is 5.48. The second kappa shape index (κ2) is 5.13. The summed E-state index contributed by atoms with van der Waals surface area (Å²) in [5, 5.41) is 11.8. The highest BCUT2D eigenvalue weighted by Gasteiger charge is 2.25. The number of piperidine rings is 1. The van der Waals surface area contributed by atoms with Crippen LogP contribution in [0.1, 0.15) is 34.8 Å². The van der Waals surface area contributed by atoms with Gasteiger partial charge in [-0.25, -0.2) is 4.68 Å². The fourth-order valence-electron chi connectivity index (χ4n) is 2.50. The standard InChI is InChI=1S/C13H16N4OS/c1-10-8-19-9-12(10)13(18)16-5-2-11(3-6-16)17-7-4-14-15-17/h4,7-9,11H,2-3,5-6H2,1H3.